The Morgan fingerprint density at radius 1 is 1.11 bits per heavy atom. The lowest BCUT2D eigenvalue weighted by atomic mass is 10.1. The van der Waals surface area contributed by atoms with E-state index in [1.165, 1.54) is 0 Å². The monoisotopic (exact) mass is 374 g/mol. The van der Waals surface area contributed by atoms with E-state index in [0.717, 1.165) is 34.4 Å². The third kappa shape index (κ3) is 3.42. The maximum atomic E-state index is 12.9. The number of aromatic nitrogens is 3. The zero-order valence-electron chi connectivity index (χ0n) is 15.9. The highest BCUT2D eigenvalue weighted by molar-refractivity contribution is 6.08. The molecule has 2 heterocycles. The van der Waals surface area contributed by atoms with E-state index in [1.54, 1.807) is 18.8 Å². The molecule has 0 saturated heterocycles. The number of ether oxygens (including phenoxy) is 1. The highest BCUT2D eigenvalue weighted by Crippen LogP contribution is 2.26. The van der Waals surface area contributed by atoms with Crippen LogP contribution in [0, 0.1) is 0 Å². The average molecular weight is 374 g/mol. The predicted octanol–water partition coefficient (Wildman–Crippen LogP) is 3.94. The van der Waals surface area contributed by atoms with Gasteiger partial charge in [0.05, 0.1) is 23.5 Å². The molecule has 0 bridgehead atoms. The predicted molar refractivity (Wildman–Crippen MR) is 110 cm³/mol. The second-order valence-electron chi connectivity index (χ2n) is 6.60. The largest absolute Gasteiger partial charge is 0.383 e. The van der Waals surface area contributed by atoms with Gasteiger partial charge < -0.3 is 14.6 Å². The lowest BCUT2D eigenvalue weighted by molar-refractivity contribution is 0.101. The topological polar surface area (TPSA) is 61.1 Å². The van der Waals surface area contributed by atoms with Gasteiger partial charge in [0, 0.05) is 37.8 Å². The molecule has 6 heteroatoms. The number of hydrogen-bond acceptors (Lipinski definition) is 3. The molecule has 0 atom stereocenters. The number of carbonyl (C=O) groups excluding carboxylic acids is 1. The highest BCUT2D eigenvalue weighted by atomic mass is 16.5. The molecule has 6 nitrogen and oxygen atoms in total. The molecular formula is C22H22N4O2. The number of amides is 1. The molecule has 28 heavy (non-hydrogen) atoms. The Morgan fingerprint density at radius 3 is 2.71 bits per heavy atom. The van der Waals surface area contributed by atoms with Gasteiger partial charge in [-0.05, 0) is 24.3 Å². The van der Waals surface area contributed by atoms with Gasteiger partial charge in [0.15, 0.2) is 0 Å². The van der Waals surface area contributed by atoms with E-state index in [2.05, 4.69) is 15.0 Å². The summed E-state index contributed by atoms with van der Waals surface area (Å²) in [5.74, 6) is -0.186. The van der Waals surface area contributed by atoms with Crippen LogP contribution in [-0.2, 0) is 18.3 Å². The van der Waals surface area contributed by atoms with Gasteiger partial charge in [0.2, 0.25) is 0 Å². The fourth-order valence-corrected chi connectivity index (χ4v) is 3.33. The Balaban J connectivity index is 1.61. The van der Waals surface area contributed by atoms with Crippen molar-refractivity contribution in [3.8, 4) is 11.3 Å². The van der Waals surface area contributed by atoms with E-state index in [0.29, 0.717) is 12.3 Å². The fraction of sp³-hybridized carbons (Fsp3) is 0.182. The van der Waals surface area contributed by atoms with Gasteiger partial charge in [-0.1, -0.05) is 36.4 Å². The Morgan fingerprint density at radius 2 is 1.93 bits per heavy atom. The molecule has 4 rings (SSSR count). The SMILES string of the molecule is COCCn1ccc2c(NC(=O)c3cc(-c4ccccc4)nn3C)cccc21. The molecule has 0 aliphatic rings. The molecule has 0 fully saturated rings. The third-order valence-corrected chi connectivity index (χ3v) is 4.78. The lowest BCUT2D eigenvalue weighted by Crippen LogP contribution is -2.16. The second kappa shape index (κ2) is 7.70. The molecule has 2 aromatic heterocycles. The first-order chi connectivity index (χ1) is 13.7. The van der Waals surface area contributed by atoms with E-state index in [1.807, 2.05) is 66.9 Å². The number of carbonyl (C=O) groups is 1. The number of methoxy groups -OCH3 is 1. The number of aryl methyl sites for hydroxylation is 1. The zero-order valence-corrected chi connectivity index (χ0v) is 15.9. The minimum atomic E-state index is -0.186. The van der Waals surface area contributed by atoms with Gasteiger partial charge in [-0.3, -0.25) is 9.48 Å². The van der Waals surface area contributed by atoms with Crippen LogP contribution >= 0.6 is 0 Å². The summed E-state index contributed by atoms with van der Waals surface area (Å²) in [5.41, 5.74) is 4.10. The summed E-state index contributed by atoms with van der Waals surface area (Å²) in [6, 6.07) is 19.6. The number of anilines is 1. The number of hydrogen-bond donors (Lipinski definition) is 1. The summed E-state index contributed by atoms with van der Waals surface area (Å²) >= 11 is 0. The molecule has 0 saturated carbocycles. The molecule has 0 unspecified atom stereocenters. The quantitative estimate of drug-likeness (QED) is 0.556. The summed E-state index contributed by atoms with van der Waals surface area (Å²) in [4.78, 5) is 12.9. The van der Waals surface area contributed by atoms with Crippen LogP contribution in [0.3, 0.4) is 0 Å². The highest BCUT2D eigenvalue weighted by Gasteiger charge is 2.16. The molecule has 0 aliphatic heterocycles. The van der Waals surface area contributed by atoms with Crippen LogP contribution in [0.5, 0.6) is 0 Å². The molecule has 0 radical (unpaired) electrons. The van der Waals surface area contributed by atoms with Crippen molar-refractivity contribution < 1.29 is 9.53 Å². The maximum absolute atomic E-state index is 12.9. The van der Waals surface area contributed by atoms with Gasteiger partial charge >= 0.3 is 0 Å². The number of nitrogens with zero attached hydrogens (tertiary/aromatic N) is 3. The lowest BCUT2D eigenvalue weighted by Gasteiger charge is -2.08. The molecule has 2 aromatic carbocycles. The summed E-state index contributed by atoms with van der Waals surface area (Å²) in [6.45, 7) is 1.40. The molecule has 142 valence electrons. The van der Waals surface area contributed by atoms with E-state index in [9.17, 15) is 4.79 Å². The van der Waals surface area contributed by atoms with Crippen LogP contribution in [0.25, 0.3) is 22.2 Å². The van der Waals surface area contributed by atoms with Crippen molar-refractivity contribution in [2.45, 2.75) is 6.54 Å². The summed E-state index contributed by atoms with van der Waals surface area (Å²) in [5, 5.41) is 8.51. The minimum Gasteiger partial charge on any atom is -0.383 e. The van der Waals surface area contributed by atoms with Gasteiger partial charge in [0.25, 0.3) is 5.91 Å². The fourth-order valence-electron chi connectivity index (χ4n) is 3.33. The molecular weight excluding hydrogens is 352 g/mol. The van der Waals surface area contributed by atoms with Crippen LogP contribution in [0.1, 0.15) is 10.5 Å². The van der Waals surface area contributed by atoms with Crippen molar-refractivity contribution >= 4 is 22.5 Å². The van der Waals surface area contributed by atoms with Gasteiger partial charge in [-0.15, -0.1) is 0 Å². The first-order valence-corrected chi connectivity index (χ1v) is 9.15. The van der Waals surface area contributed by atoms with E-state index >= 15 is 0 Å². The third-order valence-electron chi connectivity index (χ3n) is 4.78. The van der Waals surface area contributed by atoms with Crippen molar-refractivity contribution in [1.82, 2.24) is 14.3 Å². The average Bonchev–Trinajstić information content (AvgIpc) is 3.31. The van der Waals surface area contributed by atoms with Crippen molar-refractivity contribution in [3.63, 3.8) is 0 Å². The van der Waals surface area contributed by atoms with Crippen LogP contribution in [-0.4, -0.2) is 34.0 Å². The second-order valence-corrected chi connectivity index (χ2v) is 6.60. The van der Waals surface area contributed by atoms with E-state index in [-0.39, 0.29) is 5.91 Å². The molecule has 4 aromatic rings. The summed E-state index contributed by atoms with van der Waals surface area (Å²) < 4.78 is 8.90. The van der Waals surface area contributed by atoms with Crippen molar-refractivity contribution in [2.24, 2.45) is 7.05 Å². The first kappa shape index (κ1) is 18.0. The van der Waals surface area contributed by atoms with Crippen molar-refractivity contribution in [1.29, 1.82) is 0 Å². The van der Waals surface area contributed by atoms with Gasteiger partial charge in [-0.2, -0.15) is 5.10 Å². The zero-order chi connectivity index (χ0) is 19.5. The van der Waals surface area contributed by atoms with Crippen LogP contribution in [0.15, 0.2) is 66.9 Å². The number of rotatable bonds is 6. The number of fused-ring (bicyclic) bond motifs is 1. The molecule has 0 spiro atoms. The molecule has 0 aliphatic carbocycles. The van der Waals surface area contributed by atoms with Crippen LogP contribution < -0.4 is 5.32 Å². The first-order valence-electron chi connectivity index (χ1n) is 9.15. The standard InChI is InChI=1S/C22H22N4O2/c1-25-21(15-19(24-25)16-7-4-3-5-8-16)22(27)23-18-9-6-10-20-17(18)11-12-26(20)13-14-28-2/h3-12,15H,13-14H2,1-2H3,(H,23,27). The van der Waals surface area contributed by atoms with E-state index < -0.39 is 0 Å². The minimum absolute atomic E-state index is 0.186. The van der Waals surface area contributed by atoms with Gasteiger partial charge in [0.1, 0.15) is 5.69 Å². The van der Waals surface area contributed by atoms with Crippen molar-refractivity contribution in [3.05, 3.63) is 72.6 Å². The molecule has 1 amide bonds. The smallest absolute Gasteiger partial charge is 0.273 e. The molecule has 1 N–H and O–H groups in total. The maximum Gasteiger partial charge on any atom is 0.273 e. The number of benzene rings is 2. The normalized spacial score (nSPS) is 11.1. The number of nitrogens with one attached hydrogen (secondary N) is 1. The summed E-state index contributed by atoms with van der Waals surface area (Å²) in [7, 11) is 3.47. The summed E-state index contributed by atoms with van der Waals surface area (Å²) in [6.07, 6.45) is 2.01. The van der Waals surface area contributed by atoms with Crippen LogP contribution in [0.2, 0.25) is 0 Å². The van der Waals surface area contributed by atoms with E-state index in [4.69, 9.17) is 4.74 Å². The Labute approximate surface area is 163 Å². The van der Waals surface area contributed by atoms with Crippen molar-refractivity contribution in [2.75, 3.05) is 19.0 Å². The van der Waals surface area contributed by atoms with Gasteiger partial charge in [-0.25, -0.2) is 0 Å². The Bertz CT molecular complexity index is 1110. The Kier molecular flexibility index (Phi) is 4.95. The van der Waals surface area contributed by atoms with Crippen LogP contribution in [0.4, 0.5) is 5.69 Å². The Hall–Kier alpha value is -3.38.